The van der Waals surface area contributed by atoms with Crippen LogP contribution in [0.15, 0.2) is 48.7 Å². The van der Waals surface area contributed by atoms with E-state index in [2.05, 4.69) is 4.98 Å². The molecule has 2 aromatic carbocycles. The molecule has 1 N–H and O–H groups in total. The van der Waals surface area contributed by atoms with Crippen LogP contribution in [0.4, 0.5) is 0 Å². The van der Waals surface area contributed by atoms with Crippen molar-refractivity contribution in [3.05, 3.63) is 59.8 Å². The van der Waals surface area contributed by atoms with Crippen LogP contribution in [0.25, 0.3) is 10.9 Å². The van der Waals surface area contributed by atoms with Crippen LogP contribution in [0, 0.1) is 6.92 Å². The zero-order valence-electron chi connectivity index (χ0n) is 15.8. The Hall–Kier alpha value is -3.32. The molecule has 7 heteroatoms. The highest BCUT2D eigenvalue weighted by Crippen LogP contribution is 2.33. The molecule has 3 aromatic rings. The number of carbonyl (C=O) groups is 2. The molecule has 0 radical (unpaired) electrons. The van der Waals surface area contributed by atoms with Gasteiger partial charge in [-0.05, 0) is 56.9 Å². The van der Waals surface area contributed by atoms with E-state index in [-0.39, 0.29) is 6.42 Å². The van der Waals surface area contributed by atoms with E-state index in [9.17, 15) is 9.59 Å². The first-order valence-corrected chi connectivity index (χ1v) is 8.84. The van der Waals surface area contributed by atoms with Crippen molar-refractivity contribution in [2.24, 2.45) is 0 Å². The van der Waals surface area contributed by atoms with Crippen molar-refractivity contribution >= 4 is 22.8 Å². The standard InChI is InChI=1S/C21H20N2O5/c1-13-4-6-15(7-5-13)26-16-8-9-18-17(10-16)14(12-22-18)11-21(23(2)3)27-19(24)20(25)28-21/h4-10,12,22H,11H2,1-3H3. The first kappa shape index (κ1) is 18.1. The number of esters is 2. The van der Waals surface area contributed by atoms with E-state index in [1.807, 2.05) is 55.6 Å². The number of hydrogen-bond donors (Lipinski definition) is 1. The summed E-state index contributed by atoms with van der Waals surface area (Å²) in [7, 11) is 3.37. The molecule has 1 fully saturated rings. The quantitative estimate of drug-likeness (QED) is 0.541. The van der Waals surface area contributed by atoms with Crippen LogP contribution in [0.1, 0.15) is 11.1 Å². The average Bonchev–Trinajstić information content (AvgIpc) is 3.18. The molecule has 1 aromatic heterocycles. The van der Waals surface area contributed by atoms with Gasteiger partial charge in [-0.1, -0.05) is 17.7 Å². The Labute approximate surface area is 161 Å². The van der Waals surface area contributed by atoms with E-state index in [4.69, 9.17) is 14.2 Å². The van der Waals surface area contributed by atoms with Gasteiger partial charge < -0.3 is 19.2 Å². The predicted octanol–water partition coefficient (Wildman–Crippen LogP) is 3.13. The number of aryl methyl sites for hydroxylation is 1. The van der Waals surface area contributed by atoms with E-state index < -0.39 is 17.8 Å². The molecule has 7 nitrogen and oxygen atoms in total. The molecule has 0 aliphatic carbocycles. The van der Waals surface area contributed by atoms with E-state index >= 15 is 0 Å². The van der Waals surface area contributed by atoms with Gasteiger partial charge in [-0.15, -0.1) is 0 Å². The number of aromatic nitrogens is 1. The van der Waals surface area contributed by atoms with Crippen molar-refractivity contribution in [1.82, 2.24) is 9.88 Å². The minimum atomic E-state index is -1.46. The monoisotopic (exact) mass is 380 g/mol. The number of hydrogen-bond acceptors (Lipinski definition) is 6. The van der Waals surface area contributed by atoms with Crippen molar-refractivity contribution < 1.29 is 23.8 Å². The van der Waals surface area contributed by atoms with Gasteiger partial charge in [-0.3, -0.25) is 0 Å². The fraction of sp³-hybridized carbons (Fsp3) is 0.238. The normalized spacial score (nSPS) is 15.7. The minimum absolute atomic E-state index is 0.186. The summed E-state index contributed by atoms with van der Waals surface area (Å²) in [6.07, 6.45) is 2.00. The number of ether oxygens (including phenoxy) is 3. The van der Waals surface area contributed by atoms with Crippen LogP contribution in [0.5, 0.6) is 11.5 Å². The number of H-pyrrole nitrogens is 1. The molecule has 4 rings (SSSR count). The number of fused-ring (bicyclic) bond motifs is 1. The lowest BCUT2D eigenvalue weighted by atomic mass is 10.1. The zero-order valence-corrected chi connectivity index (χ0v) is 15.8. The summed E-state index contributed by atoms with van der Waals surface area (Å²) in [5.74, 6) is -2.02. The molecular formula is C21H20N2O5. The summed E-state index contributed by atoms with van der Waals surface area (Å²) in [5, 5.41) is 0.893. The van der Waals surface area contributed by atoms with Gasteiger partial charge in [0.05, 0.1) is 6.42 Å². The number of nitrogens with zero attached hydrogens (tertiary/aromatic N) is 1. The van der Waals surface area contributed by atoms with E-state index in [0.29, 0.717) is 5.75 Å². The van der Waals surface area contributed by atoms with Gasteiger partial charge in [-0.25, -0.2) is 14.5 Å². The third kappa shape index (κ3) is 3.20. The molecule has 0 atom stereocenters. The highest BCUT2D eigenvalue weighted by atomic mass is 16.8. The lowest BCUT2D eigenvalue weighted by molar-refractivity contribution is -0.236. The Morgan fingerprint density at radius 1 is 1.00 bits per heavy atom. The molecule has 1 saturated heterocycles. The molecule has 2 heterocycles. The molecule has 0 amide bonds. The number of aromatic amines is 1. The maximum absolute atomic E-state index is 11.6. The second-order valence-electron chi connectivity index (χ2n) is 7.00. The summed E-state index contributed by atoms with van der Waals surface area (Å²) >= 11 is 0. The Morgan fingerprint density at radius 3 is 2.29 bits per heavy atom. The second-order valence-corrected chi connectivity index (χ2v) is 7.00. The SMILES string of the molecule is Cc1ccc(Oc2ccc3[nH]cc(CC4(N(C)C)OC(=O)C(=O)O4)c3c2)cc1. The van der Waals surface area contributed by atoms with Gasteiger partial charge in [0.25, 0.3) is 0 Å². The van der Waals surface area contributed by atoms with Crippen LogP contribution < -0.4 is 4.74 Å². The van der Waals surface area contributed by atoms with Gasteiger partial charge in [0.1, 0.15) is 11.5 Å². The maximum atomic E-state index is 11.6. The van der Waals surface area contributed by atoms with Crippen LogP contribution in [0.2, 0.25) is 0 Å². The Bertz CT molecular complexity index is 1040. The van der Waals surface area contributed by atoms with Crippen molar-refractivity contribution in [2.45, 2.75) is 19.3 Å². The van der Waals surface area contributed by atoms with Gasteiger partial charge in [0.2, 0.25) is 0 Å². The molecule has 1 aliphatic heterocycles. The fourth-order valence-electron chi connectivity index (χ4n) is 3.16. The van der Waals surface area contributed by atoms with Gasteiger partial charge in [0.15, 0.2) is 0 Å². The third-order valence-corrected chi connectivity index (χ3v) is 4.76. The number of nitrogens with one attached hydrogen (secondary N) is 1. The van der Waals surface area contributed by atoms with E-state index in [1.165, 1.54) is 0 Å². The largest absolute Gasteiger partial charge is 0.457 e. The Balaban J connectivity index is 1.65. The van der Waals surface area contributed by atoms with Crippen molar-refractivity contribution in [2.75, 3.05) is 14.1 Å². The summed E-state index contributed by atoms with van der Waals surface area (Å²) < 4.78 is 16.5. The van der Waals surface area contributed by atoms with Gasteiger partial charge in [0, 0.05) is 17.1 Å². The molecule has 0 spiro atoms. The highest BCUT2D eigenvalue weighted by molar-refractivity contribution is 6.31. The first-order chi connectivity index (χ1) is 13.4. The van der Waals surface area contributed by atoms with Crippen molar-refractivity contribution in [3.8, 4) is 11.5 Å². The maximum Gasteiger partial charge on any atom is 0.421 e. The molecule has 0 unspecified atom stereocenters. The third-order valence-electron chi connectivity index (χ3n) is 4.76. The Morgan fingerprint density at radius 2 is 1.64 bits per heavy atom. The number of carbonyl (C=O) groups excluding carboxylic acids is 2. The summed E-state index contributed by atoms with van der Waals surface area (Å²) in [6.45, 7) is 2.02. The van der Waals surface area contributed by atoms with E-state index in [0.717, 1.165) is 27.8 Å². The van der Waals surface area contributed by atoms with Crippen LogP contribution in [-0.2, 0) is 25.5 Å². The molecule has 0 saturated carbocycles. The van der Waals surface area contributed by atoms with Crippen LogP contribution >= 0.6 is 0 Å². The summed E-state index contributed by atoms with van der Waals surface area (Å²) in [6, 6.07) is 13.5. The topological polar surface area (TPSA) is 80.9 Å². The smallest absolute Gasteiger partial charge is 0.421 e. The van der Waals surface area contributed by atoms with Gasteiger partial charge in [-0.2, -0.15) is 0 Å². The molecule has 0 bridgehead atoms. The Kier molecular flexibility index (Phi) is 4.31. The van der Waals surface area contributed by atoms with Crippen LogP contribution in [0.3, 0.4) is 0 Å². The lowest BCUT2D eigenvalue weighted by Gasteiger charge is -2.31. The summed E-state index contributed by atoms with van der Waals surface area (Å²) in [4.78, 5) is 28.0. The van der Waals surface area contributed by atoms with E-state index in [1.54, 1.807) is 19.0 Å². The molecular weight excluding hydrogens is 360 g/mol. The predicted molar refractivity (Wildman–Crippen MR) is 102 cm³/mol. The number of cyclic esters (lactones) is 2. The number of rotatable bonds is 5. The van der Waals surface area contributed by atoms with Crippen LogP contribution in [-0.4, -0.2) is 41.8 Å². The molecule has 28 heavy (non-hydrogen) atoms. The first-order valence-electron chi connectivity index (χ1n) is 8.84. The zero-order chi connectivity index (χ0) is 19.9. The van der Waals surface area contributed by atoms with Crippen molar-refractivity contribution in [3.63, 3.8) is 0 Å². The second kappa shape index (κ2) is 6.69. The average molecular weight is 380 g/mol. The fourth-order valence-corrected chi connectivity index (χ4v) is 3.16. The van der Waals surface area contributed by atoms with Gasteiger partial charge >= 0.3 is 17.8 Å². The summed E-state index contributed by atoms with van der Waals surface area (Å²) in [5.41, 5.74) is 2.89. The molecule has 144 valence electrons. The number of benzene rings is 2. The highest BCUT2D eigenvalue weighted by Gasteiger charge is 2.51. The minimum Gasteiger partial charge on any atom is -0.457 e. The molecule has 1 aliphatic rings. The lowest BCUT2D eigenvalue weighted by Crippen LogP contribution is -2.47. The van der Waals surface area contributed by atoms with Crippen molar-refractivity contribution in [1.29, 1.82) is 0 Å². The number of likely N-dealkylation sites (N-methyl/N-ethyl adjacent to an activating group) is 1.